The standard InChI is InChI=1S/C36H42ClN3O7/c1-4-6-17-28(42)38-23(3)31(24-13-8-7-9-14-24)46-35(45)29-27-18-19-36(47-27)30(29)33(43)40(21-12-22-41)32(36)34(44)39(20-5-2)26-16-11-10-15-25(26)37/h4-5,7-11,13-16,23,27,29-32,41H,1-2,6,12,17-22H2,3H3,(H,38,42)/t23-,27+,29-,30-,31-,32+,36-/m0/s1. The van der Waals surface area contributed by atoms with Crippen LogP contribution in [0.1, 0.15) is 50.7 Å². The zero-order chi connectivity index (χ0) is 33.7. The minimum atomic E-state index is -1.27. The molecule has 0 saturated carbocycles. The number of carbonyl (C=O) groups excluding carboxylic acids is 4. The van der Waals surface area contributed by atoms with Gasteiger partial charge in [-0.25, -0.2) is 0 Å². The Bertz CT molecular complexity index is 1500. The van der Waals surface area contributed by atoms with Gasteiger partial charge in [0.25, 0.3) is 5.91 Å². The zero-order valence-corrected chi connectivity index (χ0v) is 27.3. The molecule has 3 saturated heterocycles. The number of nitrogens with zero attached hydrogens (tertiary/aromatic N) is 2. The van der Waals surface area contributed by atoms with E-state index in [4.69, 9.17) is 21.1 Å². The zero-order valence-electron chi connectivity index (χ0n) is 26.6. The van der Waals surface area contributed by atoms with Crippen molar-refractivity contribution in [2.45, 2.75) is 68.9 Å². The van der Waals surface area contributed by atoms with Crippen molar-refractivity contribution in [1.29, 1.82) is 0 Å². The van der Waals surface area contributed by atoms with E-state index in [2.05, 4.69) is 18.5 Å². The van der Waals surface area contributed by atoms with Gasteiger partial charge in [-0.3, -0.25) is 19.2 Å². The van der Waals surface area contributed by atoms with Crippen molar-refractivity contribution in [2.24, 2.45) is 11.8 Å². The van der Waals surface area contributed by atoms with Crippen molar-refractivity contribution < 1.29 is 33.8 Å². The van der Waals surface area contributed by atoms with Crippen LogP contribution >= 0.6 is 11.6 Å². The third-order valence-electron chi connectivity index (χ3n) is 9.37. The van der Waals surface area contributed by atoms with Crippen LogP contribution in [-0.2, 0) is 28.7 Å². The molecule has 5 rings (SSSR count). The van der Waals surface area contributed by atoms with E-state index < -0.39 is 53.6 Å². The second-order valence-corrected chi connectivity index (χ2v) is 12.7. The first-order valence-corrected chi connectivity index (χ1v) is 16.5. The minimum absolute atomic E-state index is 0.102. The molecule has 0 aromatic heterocycles. The van der Waals surface area contributed by atoms with Crippen LogP contribution in [0.15, 0.2) is 79.9 Å². The molecular formula is C36H42ClN3O7. The summed E-state index contributed by atoms with van der Waals surface area (Å²) in [5.41, 5.74) is -0.121. The van der Waals surface area contributed by atoms with Gasteiger partial charge in [0.2, 0.25) is 11.8 Å². The van der Waals surface area contributed by atoms with E-state index in [0.29, 0.717) is 35.5 Å². The highest BCUT2D eigenvalue weighted by molar-refractivity contribution is 6.34. The Hall–Kier alpha value is -3.99. The fourth-order valence-corrected chi connectivity index (χ4v) is 7.61. The fourth-order valence-electron chi connectivity index (χ4n) is 7.38. The number of hydrogen-bond acceptors (Lipinski definition) is 7. The number of fused-ring (bicyclic) bond motifs is 1. The number of carbonyl (C=O) groups is 4. The number of aliphatic hydroxyl groups is 1. The van der Waals surface area contributed by atoms with Gasteiger partial charge in [0.15, 0.2) is 0 Å². The van der Waals surface area contributed by atoms with E-state index in [1.54, 1.807) is 43.3 Å². The molecule has 1 spiro atoms. The average molecular weight is 664 g/mol. The number of rotatable bonds is 15. The Morgan fingerprint density at radius 3 is 2.57 bits per heavy atom. The highest BCUT2D eigenvalue weighted by Gasteiger charge is 2.75. The number of likely N-dealkylation sites (tertiary alicyclic amines) is 1. The molecule has 3 fully saturated rings. The van der Waals surface area contributed by atoms with Crippen molar-refractivity contribution in [3.8, 4) is 0 Å². The molecule has 3 heterocycles. The molecule has 10 nitrogen and oxygen atoms in total. The third kappa shape index (κ3) is 6.59. The van der Waals surface area contributed by atoms with Gasteiger partial charge in [-0.1, -0.05) is 66.2 Å². The van der Waals surface area contributed by atoms with Crippen molar-refractivity contribution in [2.75, 3.05) is 24.6 Å². The number of benzene rings is 2. The lowest BCUT2D eigenvalue weighted by Gasteiger charge is -2.37. The number of para-hydroxylation sites is 1. The largest absolute Gasteiger partial charge is 0.455 e. The number of aliphatic hydroxyl groups excluding tert-OH is 1. The summed E-state index contributed by atoms with van der Waals surface area (Å²) < 4.78 is 12.8. The molecule has 7 atom stereocenters. The number of hydrogen-bond donors (Lipinski definition) is 2. The van der Waals surface area contributed by atoms with Crippen molar-refractivity contribution in [3.63, 3.8) is 0 Å². The molecule has 3 aliphatic rings. The molecule has 250 valence electrons. The molecule has 2 N–H and O–H groups in total. The molecule has 0 radical (unpaired) electrons. The highest BCUT2D eigenvalue weighted by atomic mass is 35.5. The first-order chi connectivity index (χ1) is 22.7. The topological polar surface area (TPSA) is 125 Å². The van der Waals surface area contributed by atoms with E-state index in [1.807, 2.05) is 30.3 Å². The molecule has 2 aromatic carbocycles. The van der Waals surface area contributed by atoms with Crippen LogP contribution < -0.4 is 10.2 Å². The lowest BCUT2D eigenvalue weighted by Crippen LogP contribution is -2.56. The molecule has 47 heavy (non-hydrogen) atoms. The lowest BCUT2D eigenvalue weighted by atomic mass is 9.70. The molecule has 2 aromatic rings. The number of halogens is 1. The summed E-state index contributed by atoms with van der Waals surface area (Å²) in [7, 11) is 0. The predicted octanol–water partition coefficient (Wildman–Crippen LogP) is 4.37. The Kier molecular flexibility index (Phi) is 10.8. The number of nitrogens with one attached hydrogen (secondary N) is 1. The summed E-state index contributed by atoms with van der Waals surface area (Å²) in [4.78, 5) is 58.6. The molecule has 3 amide bonds. The van der Waals surface area contributed by atoms with Gasteiger partial charge in [0, 0.05) is 26.1 Å². The second kappa shape index (κ2) is 14.8. The summed E-state index contributed by atoms with van der Waals surface area (Å²) in [5.74, 6) is -3.55. The van der Waals surface area contributed by atoms with Crippen LogP contribution in [0.5, 0.6) is 0 Å². The Labute approximate surface area is 280 Å². The maximum atomic E-state index is 14.6. The monoisotopic (exact) mass is 663 g/mol. The van der Waals surface area contributed by atoms with Crippen LogP contribution in [-0.4, -0.2) is 77.2 Å². The first kappa shape index (κ1) is 34.3. The first-order valence-electron chi connectivity index (χ1n) is 16.1. The van der Waals surface area contributed by atoms with Crippen molar-refractivity contribution >= 4 is 41.0 Å². The van der Waals surface area contributed by atoms with Gasteiger partial charge in [0.05, 0.1) is 34.7 Å². The predicted molar refractivity (Wildman–Crippen MR) is 177 cm³/mol. The molecule has 0 unspecified atom stereocenters. The van der Waals surface area contributed by atoms with E-state index in [1.165, 1.54) is 9.80 Å². The van der Waals surface area contributed by atoms with E-state index in [0.717, 1.165) is 0 Å². The average Bonchev–Trinajstić information content (AvgIpc) is 3.71. The minimum Gasteiger partial charge on any atom is -0.455 e. The maximum absolute atomic E-state index is 14.6. The molecule has 3 aliphatic heterocycles. The SMILES string of the molecule is C=CCCC(=O)N[C@@H](C)[C@H](OC(=O)[C@@H]1[C@H]2C(=O)N(CCCO)[C@H](C(=O)N(CC=C)c3ccccc3Cl)[C@]23CC[C@H]1O3)c1ccccc1. The van der Waals surface area contributed by atoms with Gasteiger partial charge in [-0.05, 0) is 50.3 Å². The van der Waals surface area contributed by atoms with E-state index in [-0.39, 0.29) is 44.4 Å². The number of amides is 3. The Balaban J connectivity index is 1.47. The fraction of sp³-hybridized carbons (Fsp3) is 0.444. The number of esters is 1. The van der Waals surface area contributed by atoms with Crippen LogP contribution in [0.4, 0.5) is 5.69 Å². The summed E-state index contributed by atoms with van der Waals surface area (Å²) in [6.45, 7) is 9.30. The number of allylic oxidation sites excluding steroid dienone is 1. The van der Waals surface area contributed by atoms with Gasteiger partial charge in [-0.2, -0.15) is 0 Å². The van der Waals surface area contributed by atoms with Gasteiger partial charge >= 0.3 is 5.97 Å². The molecule has 2 bridgehead atoms. The third-order valence-corrected chi connectivity index (χ3v) is 9.69. The smallest absolute Gasteiger partial charge is 0.313 e. The lowest BCUT2D eigenvalue weighted by molar-refractivity contribution is -0.162. The van der Waals surface area contributed by atoms with Gasteiger partial charge in [-0.15, -0.1) is 13.2 Å². The number of ether oxygens (including phenoxy) is 2. The Morgan fingerprint density at radius 2 is 1.89 bits per heavy atom. The van der Waals surface area contributed by atoms with E-state index in [9.17, 15) is 24.3 Å². The summed E-state index contributed by atoms with van der Waals surface area (Å²) in [5, 5.41) is 13.0. The van der Waals surface area contributed by atoms with Gasteiger partial charge in [0.1, 0.15) is 17.7 Å². The van der Waals surface area contributed by atoms with Crippen LogP contribution in [0.25, 0.3) is 0 Å². The molecular weight excluding hydrogens is 622 g/mol. The highest BCUT2D eigenvalue weighted by Crippen LogP contribution is 2.59. The summed E-state index contributed by atoms with van der Waals surface area (Å²) in [6.07, 6.45) is 3.62. The second-order valence-electron chi connectivity index (χ2n) is 12.3. The molecule has 0 aliphatic carbocycles. The van der Waals surface area contributed by atoms with Crippen LogP contribution in [0.3, 0.4) is 0 Å². The molecule has 11 heteroatoms. The normalized spacial score (nSPS) is 25.5. The van der Waals surface area contributed by atoms with Gasteiger partial charge < -0.3 is 29.7 Å². The Morgan fingerprint density at radius 1 is 1.17 bits per heavy atom. The summed E-state index contributed by atoms with van der Waals surface area (Å²) in [6, 6.07) is 14.4. The van der Waals surface area contributed by atoms with Crippen molar-refractivity contribution in [3.05, 3.63) is 90.5 Å². The van der Waals surface area contributed by atoms with E-state index >= 15 is 0 Å². The summed E-state index contributed by atoms with van der Waals surface area (Å²) >= 11 is 6.52. The van der Waals surface area contributed by atoms with Crippen LogP contribution in [0.2, 0.25) is 5.02 Å². The number of anilines is 1. The van der Waals surface area contributed by atoms with Crippen LogP contribution in [0, 0.1) is 11.8 Å². The maximum Gasteiger partial charge on any atom is 0.313 e. The van der Waals surface area contributed by atoms with Crippen molar-refractivity contribution in [1.82, 2.24) is 10.2 Å². The quantitative estimate of drug-likeness (QED) is 0.214.